The number of rotatable bonds is 6. The van der Waals surface area contributed by atoms with Gasteiger partial charge in [-0.05, 0) is 110 Å². The number of carbonyl (C=O) groups excluding carboxylic acids is 1. The maximum absolute atomic E-state index is 11.6. The van der Waals surface area contributed by atoms with Crippen molar-refractivity contribution >= 4 is 5.97 Å². The summed E-state index contributed by atoms with van der Waals surface area (Å²) < 4.78 is 5.77. The molecule has 0 aromatic rings. The number of ether oxygens (including phenoxy) is 1. The Morgan fingerprint density at radius 2 is 1.69 bits per heavy atom. The first kappa shape index (κ1) is 24.6. The fourth-order valence-electron chi connectivity index (χ4n) is 9.98. The van der Waals surface area contributed by atoms with Gasteiger partial charge in [0.2, 0.25) is 0 Å². The fourth-order valence-corrected chi connectivity index (χ4v) is 9.98. The van der Waals surface area contributed by atoms with Crippen molar-refractivity contribution in [1.82, 2.24) is 0 Å². The molecule has 32 heavy (non-hydrogen) atoms. The zero-order valence-corrected chi connectivity index (χ0v) is 22.3. The van der Waals surface area contributed by atoms with E-state index in [4.69, 9.17) is 4.74 Å². The molecular formula is C30H52O2. The molecule has 0 aromatic carbocycles. The zero-order chi connectivity index (χ0) is 23.3. The lowest BCUT2D eigenvalue weighted by Gasteiger charge is -2.62. The van der Waals surface area contributed by atoms with Crippen molar-refractivity contribution in [3.63, 3.8) is 0 Å². The largest absolute Gasteiger partial charge is 0.462 e. The topological polar surface area (TPSA) is 26.3 Å². The van der Waals surface area contributed by atoms with E-state index in [-0.39, 0.29) is 12.1 Å². The highest BCUT2D eigenvalue weighted by Crippen LogP contribution is 2.68. The quantitative estimate of drug-likeness (QED) is 0.385. The number of fused-ring (bicyclic) bond motifs is 5. The summed E-state index contributed by atoms with van der Waals surface area (Å²) in [6.45, 7) is 16.6. The van der Waals surface area contributed by atoms with Crippen LogP contribution in [0, 0.1) is 58.2 Å². The van der Waals surface area contributed by atoms with Crippen molar-refractivity contribution < 1.29 is 9.53 Å². The summed E-state index contributed by atoms with van der Waals surface area (Å²) in [7, 11) is 0. The van der Waals surface area contributed by atoms with Gasteiger partial charge in [0.15, 0.2) is 0 Å². The van der Waals surface area contributed by atoms with E-state index in [1.807, 2.05) is 0 Å². The van der Waals surface area contributed by atoms with Crippen molar-refractivity contribution in [3.05, 3.63) is 0 Å². The molecule has 4 aliphatic carbocycles. The molecule has 0 saturated heterocycles. The van der Waals surface area contributed by atoms with Crippen LogP contribution in [0.2, 0.25) is 0 Å². The van der Waals surface area contributed by atoms with Crippen molar-refractivity contribution in [2.45, 2.75) is 125 Å². The van der Waals surface area contributed by atoms with Crippen LogP contribution in [0.4, 0.5) is 0 Å². The molecule has 0 radical (unpaired) electrons. The molecule has 0 aromatic heterocycles. The molecule has 184 valence electrons. The van der Waals surface area contributed by atoms with E-state index < -0.39 is 0 Å². The summed E-state index contributed by atoms with van der Waals surface area (Å²) >= 11 is 0. The lowest BCUT2D eigenvalue weighted by atomic mass is 9.43. The summed E-state index contributed by atoms with van der Waals surface area (Å²) in [6.07, 6.45) is 15.5. The van der Waals surface area contributed by atoms with Crippen LogP contribution >= 0.6 is 0 Å². The summed E-state index contributed by atoms with van der Waals surface area (Å²) in [6, 6.07) is 0. The maximum Gasteiger partial charge on any atom is 0.302 e. The summed E-state index contributed by atoms with van der Waals surface area (Å²) in [4.78, 5) is 11.6. The molecule has 4 rings (SSSR count). The Labute approximate surface area is 199 Å². The highest BCUT2D eigenvalue weighted by molar-refractivity contribution is 5.66. The van der Waals surface area contributed by atoms with Gasteiger partial charge in [0, 0.05) is 6.92 Å². The minimum absolute atomic E-state index is 0.0907. The molecule has 0 bridgehead atoms. The highest BCUT2D eigenvalue weighted by atomic mass is 16.5. The van der Waals surface area contributed by atoms with Gasteiger partial charge in [-0.2, -0.15) is 0 Å². The first-order valence-corrected chi connectivity index (χ1v) is 14.2. The lowest BCUT2D eigenvalue weighted by Crippen LogP contribution is -2.55. The van der Waals surface area contributed by atoms with E-state index in [2.05, 4.69) is 41.5 Å². The first-order valence-electron chi connectivity index (χ1n) is 14.2. The second-order valence-corrected chi connectivity index (χ2v) is 13.8. The van der Waals surface area contributed by atoms with Crippen LogP contribution in [0.3, 0.4) is 0 Å². The second kappa shape index (κ2) is 9.26. The first-order chi connectivity index (χ1) is 15.1. The normalized spacial score (nSPS) is 46.8. The van der Waals surface area contributed by atoms with Gasteiger partial charge in [-0.1, -0.05) is 60.8 Å². The van der Waals surface area contributed by atoms with E-state index in [1.165, 1.54) is 64.2 Å². The number of carbonyl (C=O) groups is 1. The van der Waals surface area contributed by atoms with Crippen LogP contribution in [-0.4, -0.2) is 12.1 Å². The molecule has 3 unspecified atom stereocenters. The van der Waals surface area contributed by atoms with Crippen molar-refractivity contribution in [2.75, 3.05) is 0 Å². The van der Waals surface area contributed by atoms with Crippen LogP contribution in [0.5, 0.6) is 0 Å². The van der Waals surface area contributed by atoms with Crippen molar-refractivity contribution in [2.24, 2.45) is 58.2 Å². The third-order valence-electron chi connectivity index (χ3n) is 11.5. The summed E-state index contributed by atoms with van der Waals surface area (Å²) in [5.74, 6) is 6.65. The van der Waals surface area contributed by atoms with Crippen LogP contribution in [-0.2, 0) is 9.53 Å². The lowest BCUT2D eigenvalue weighted by molar-refractivity contribution is -0.169. The van der Waals surface area contributed by atoms with Crippen LogP contribution < -0.4 is 0 Å². The number of esters is 1. The average Bonchev–Trinajstić information content (AvgIpc) is 3.05. The Balaban J connectivity index is 1.46. The second-order valence-electron chi connectivity index (χ2n) is 13.8. The molecule has 4 aliphatic rings. The number of hydrogen-bond acceptors (Lipinski definition) is 2. The fraction of sp³-hybridized carbons (Fsp3) is 0.967. The van der Waals surface area contributed by atoms with Crippen LogP contribution in [0.25, 0.3) is 0 Å². The third-order valence-corrected chi connectivity index (χ3v) is 11.5. The maximum atomic E-state index is 11.6. The van der Waals surface area contributed by atoms with E-state index in [9.17, 15) is 4.79 Å². The molecular weight excluding hydrogens is 392 g/mol. The predicted molar refractivity (Wildman–Crippen MR) is 133 cm³/mol. The molecule has 4 fully saturated rings. The van der Waals surface area contributed by atoms with Crippen molar-refractivity contribution in [3.8, 4) is 0 Å². The average molecular weight is 445 g/mol. The van der Waals surface area contributed by atoms with Gasteiger partial charge in [0.05, 0.1) is 0 Å². The Morgan fingerprint density at radius 1 is 0.969 bits per heavy atom. The number of hydrogen-bond donors (Lipinski definition) is 0. The summed E-state index contributed by atoms with van der Waals surface area (Å²) in [5, 5.41) is 0. The Morgan fingerprint density at radius 3 is 2.38 bits per heavy atom. The van der Waals surface area contributed by atoms with Gasteiger partial charge in [-0.3, -0.25) is 4.79 Å². The van der Waals surface area contributed by atoms with Gasteiger partial charge in [0.25, 0.3) is 0 Å². The molecule has 0 spiro atoms. The molecule has 2 heteroatoms. The third kappa shape index (κ3) is 4.31. The van der Waals surface area contributed by atoms with Crippen molar-refractivity contribution in [1.29, 1.82) is 0 Å². The van der Waals surface area contributed by atoms with E-state index >= 15 is 0 Å². The van der Waals surface area contributed by atoms with Crippen LogP contribution in [0.15, 0.2) is 0 Å². The standard InChI is InChI=1S/C30H52O2/c1-19(2)9-8-10-20(3)25-13-14-26-24-12-11-23-17-28(32-22(5)31)21(4)18-30(23,7)27(24)15-16-29(25,26)6/h19-21,23-28H,8-18H2,1-7H3/t20-,21?,23?,24+,25-,26+,27+,28?,29-,30+/m1/s1. The van der Waals surface area contributed by atoms with E-state index in [1.54, 1.807) is 6.92 Å². The van der Waals surface area contributed by atoms with E-state index in [0.29, 0.717) is 16.7 Å². The summed E-state index contributed by atoms with van der Waals surface area (Å²) in [5.41, 5.74) is 1.05. The van der Waals surface area contributed by atoms with Gasteiger partial charge < -0.3 is 4.74 Å². The molecule has 10 atom stereocenters. The molecule has 0 N–H and O–H groups in total. The Bertz CT molecular complexity index is 670. The molecule has 0 heterocycles. The Kier molecular flexibility index (Phi) is 7.11. The molecule has 4 saturated carbocycles. The van der Waals surface area contributed by atoms with E-state index in [0.717, 1.165) is 47.8 Å². The minimum Gasteiger partial charge on any atom is -0.462 e. The minimum atomic E-state index is -0.0907. The predicted octanol–water partition coefficient (Wildman–Crippen LogP) is 8.29. The van der Waals surface area contributed by atoms with Gasteiger partial charge in [0.1, 0.15) is 6.10 Å². The van der Waals surface area contributed by atoms with Crippen LogP contribution in [0.1, 0.15) is 119 Å². The van der Waals surface area contributed by atoms with Gasteiger partial charge in [-0.15, -0.1) is 0 Å². The monoisotopic (exact) mass is 444 g/mol. The molecule has 0 aliphatic heterocycles. The highest BCUT2D eigenvalue weighted by Gasteiger charge is 2.61. The Hall–Kier alpha value is -0.530. The van der Waals surface area contributed by atoms with Gasteiger partial charge in [-0.25, -0.2) is 0 Å². The zero-order valence-electron chi connectivity index (χ0n) is 22.3. The smallest absolute Gasteiger partial charge is 0.302 e. The molecule has 0 amide bonds. The molecule has 2 nitrogen and oxygen atoms in total. The SMILES string of the molecule is CC(=O)OC1CC2CC[C@H]3[C@@H]4CC[C@H]([C@H](C)CCCC(C)C)[C@@]4(C)CC[C@@H]3[C@@]2(C)CC1C. The van der Waals surface area contributed by atoms with Gasteiger partial charge >= 0.3 is 5.97 Å².